The molecule has 1 aliphatic heterocycles. The average Bonchev–Trinajstić information content (AvgIpc) is 2.72. The van der Waals surface area contributed by atoms with Gasteiger partial charge in [0.15, 0.2) is 0 Å². The van der Waals surface area contributed by atoms with E-state index in [9.17, 15) is 4.79 Å². The van der Waals surface area contributed by atoms with Crippen LogP contribution in [-0.4, -0.2) is 25.0 Å². The van der Waals surface area contributed by atoms with Gasteiger partial charge in [0.25, 0.3) is 5.91 Å². The highest BCUT2D eigenvalue weighted by atomic mass is 16.1. The third-order valence-electron chi connectivity index (χ3n) is 2.43. The molecule has 1 amide bonds. The first-order valence-corrected chi connectivity index (χ1v) is 4.93. The molecule has 2 rings (SSSR count). The molecule has 0 radical (unpaired) electrons. The van der Waals surface area contributed by atoms with Crippen molar-refractivity contribution in [3.8, 4) is 0 Å². The Morgan fingerprint density at radius 2 is 2.14 bits per heavy atom. The summed E-state index contributed by atoms with van der Waals surface area (Å²) in [4.78, 5) is 11.7. The molecule has 0 spiro atoms. The van der Waals surface area contributed by atoms with Crippen molar-refractivity contribution in [3.05, 3.63) is 35.9 Å². The summed E-state index contributed by atoms with van der Waals surface area (Å²) in [6, 6.07) is 9.62. The summed E-state index contributed by atoms with van der Waals surface area (Å²) >= 11 is 0. The largest absolute Gasteiger partial charge is 0.348 e. The molecule has 0 aromatic heterocycles. The predicted octanol–water partition coefficient (Wildman–Crippen LogP) is 0.778. The lowest BCUT2D eigenvalue weighted by atomic mass is 10.2. The van der Waals surface area contributed by atoms with E-state index in [0.29, 0.717) is 6.04 Å². The van der Waals surface area contributed by atoms with E-state index in [-0.39, 0.29) is 5.91 Å². The first-order chi connectivity index (χ1) is 6.86. The second-order valence-electron chi connectivity index (χ2n) is 3.53. The van der Waals surface area contributed by atoms with Gasteiger partial charge in [-0.2, -0.15) is 0 Å². The van der Waals surface area contributed by atoms with Gasteiger partial charge < -0.3 is 10.6 Å². The number of amides is 1. The van der Waals surface area contributed by atoms with Gasteiger partial charge in [-0.15, -0.1) is 0 Å². The van der Waals surface area contributed by atoms with Crippen LogP contribution in [0.15, 0.2) is 30.3 Å². The Morgan fingerprint density at radius 3 is 2.79 bits per heavy atom. The van der Waals surface area contributed by atoms with Gasteiger partial charge in [-0.3, -0.25) is 4.79 Å². The van der Waals surface area contributed by atoms with Gasteiger partial charge in [-0.25, -0.2) is 0 Å². The maximum absolute atomic E-state index is 11.7. The summed E-state index contributed by atoms with van der Waals surface area (Å²) in [5, 5.41) is 6.21. The van der Waals surface area contributed by atoms with E-state index in [1.165, 1.54) is 0 Å². The van der Waals surface area contributed by atoms with Crippen molar-refractivity contribution in [2.75, 3.05) is 13.1 Å². The first kappa shape index (κ1) is 9.21. The molecule has 1 atom stereocenters. The third kappa shape index (κ3) is 2.12. The second-order valence-corrected chi connectivity index (χ2v) is 3.53. The van der Waals surface area contributed by atoms with Crippen LogP contribution in [0.4, 0.5) is 0 Å². The molecular formula is C11H14N2O. The van der Waals surface area contributed by atoms with Gasteiger partial charge in [-0.1, -0.05) is 18.2 Å². The summed E-state index contributed by atoms with van der Waals surface area (Å²) in [7, 11) is 0. The van der Waals surface area contributed by atoms with Crippen LogP contribution in [0.25, 0.3) is 0 Å². The first-order valence-electron chi connectivity index (χ1n) is 4.93. The number of carbonyl (C=O) groups excluding carboxylic acids is 1. The molecule has 0 bridgehead atoms. The van der Waals surface area contributed by atoms with E-state index >= 15 is 0 Å². The van der Waals surface area contributed by atoms with Crippen LogP contribution in [0.3, 0.4) is 0 Å². The van der Waals surface area contributed by atoms with E-state index in [1.807, 2.05) is 30.3 Å². The summed E-state index contributed by atoms with van der Waals surface area (Å²) < 4.78 is 0. The Labute approximate surface area is 83.5 Å². The minimum absolute atomic E-state index is 0.0271. The molecule has 1 heterocycles. The van der Waals surface area contributed by atoms with E-state index in [4.69, 9.17) is 0 Å². The highest BCUT2D eigenvalue weighted by molar-refractivity contribution is 5.94. The van der Waals surface area contributed by atoms with Crippen LogP contribution in [0.5, 0.6) is 0 Å². The molecule has 1 aromatic carbocycles. The molecule has 2 N–H and O–H groups in total. The van der Waals surface area contributed by atoms with Gasteiger partial charge in [0.1, 0.15) is 0 Å². The molecular weight excluding hydrogens is 176 g/mol. The molecule has 0 saturated carbocycles. The fourth-order valence-corrected chi connectivity index (χ4v) is 1.64. The molecule has 1 saturated heterocycles. The Kier molecular flexibility index (Phi) is 2.79. The van der Waals surface area contributed by atoms with Crippen LogP contribution in [0.1, 0.15) is 16.8 Å². The highest BCUT2D eigenvalue weighted by Gasteiger charge is 2.16. The van der Waals surface area contributed by atoms with Gasteiger partial charge in [0.05, 0.1) is 0 Å². The van der Waals surface area contributed by atoms with Gasteiger partial charge in [0.2, 0.25) is 0 Å². The fourth-order valence-electron chi connectivity index (χ4n) is 1.64. The Bertz CT molecular complexity index is 304. The average molecular weight is 190 g/mol. The number of rotatable bonds is 2. The van der Waals surface area contributed by atoms with E-state index in [0.717, 1.165) is 25.1 Å². The van der Waals surface area contributed by atoms with Crippen LogP contribution in [0, 0.1) is 0 Å². The quantitative estimate of drug-likeness (QED) is 0.723. The Balaban J connectivity index is 1.95. The third-order valence-corrected chi connectivity index (χ3v) is 2.43. The summed E-state index contributed by atoms with van der Waals surface area (Å²) in [6.07, 6.45) is 1.03. The fraction of sp³-hybridized carbons (Fsp3) is 0.364. The maximum Gasteiger partial charge on any atom is 0.251 e. The monoisotopic (exact) mass is 190 g/mol. The second kappa shape index (κ2) is 4.24. The van der Waals surface area contributed by atoms with Crippen molar-refractivity contribution in [1.29, 1.82) is 0 Å². The van der Waals surface area contributed by atoms with Gasteiger partial charge in [-0.05, 0) is 25.1 Å². The van der Waals surface area contributed by atoms with Crippen LogP contribution in [0.2, 0.25) is 0 Å². The van der Waals surface area contributed by atoms with Crippen LogP contribution < -0.4 is 10.6 Å². The summed E-state index contributed by atoms with van der Waals surface area (Å²) in [6.45, 7) is 1.89. The predicted molar refractivity (Wildman–Crippen MR) is 55.2 cm³/mol. The number of carbonyl (C=O) groups is 1. The lowest BCUT2D eigenvalue weighted by molar-refractivity contribution is 0.0940. The minimum Gasteiger partial charge on any atom is -0.348 e. The molecule has 1 aliphatic rings. The van der Waals surface area contributed by atoms with Crippen molar-refractivity contribution >= 4 is 5.91 Å². The van der Waals surface area contributed by atoms with Crippen molar-refractivity contribution in [2.45, 2.75) is 12.5 Å². The van der Waals surface area contributed by atoms with Crippen molar-refractivity contribution in [3.63, 3.8) is 0 Å². The number of hydrogen-bond donors (Lipinski definition) is 2. The zero-order valence-electron chi connectivity index (χ0n) is 7.99. The SMILES string of the molecule is O=C(N[C@@H]1CCNC1)c1ccccc1. The molecule has 3 nitrogen and oxygen atoms in total. The van der Waals surface area contributed by atoms with Crippen molar-refractivity contribution in [2.24, 2.45) is 0 Å². The normalized spacial score (nSPS) is 20.7. The zero-order valence-corrected chi connectivity index (χ0v) is 7.99. The smallest absolute Gasteiger partial charge is 0.251 e. The van der Waals surface area contributed by atoms with E-state index < -0.39 is 0 Å². The lowest BCUT2D eigenvalue weighted by Crippen LogP contribution is -2.36. The zero-order chi connectivity index (χ0) is 9.80. The molecule has 0 aliphatic carbocycles. The Hall–Kier alpha value is -1.35. The van der Waals surface area contributed by atoms with E-state index in [1.54, 1.807) is 0 Å². The molecule has 74 valence electrons. The lowest BCUT2D eigenvalue weighted by Gasteiger charge is -2.10. The molecule has 3 heteroatoms. The Morgan fingerprint density at radius 1 is 1.36 bits per heavy atom. The van der Waals surface area contributed by atoms with Crippen LogP contribution >= 0.6 is 0 Å². The van der Waals surface area contributed by atoms with Crippen LogP contribution in [-0.2, 0) is 0 Å². The topological polar surface area (TPSA) is 41.1 Å². The highest BCUT2D eigenvalue weighted by Crippen LogP contribution is 2.02. The van der Waals surface area contributed by atoms with E-state index in [2.05, 4.69) is 10.6 Å². The standard InChI is InChI=1S/C11H14N2O/c14-11(9-4-2-1-3-5-9)13-10-6-7-12-8-10/h1-5,10,12H,6-8H2,(H,13,14)/t10-/m1/s1. The van der Waals surface area contributed by atoms with Gasteiger partial charge in [0, 0.05) is 18.2 Å². The number of benzene rings is 1. The number of nitrogens with one attached hydrogen (secondary N) is 2. The summed E-state index contributed by atoms with van der Waals surface area (Å²) in [5.41, 5.74) is 0.736. The number of hydrogen-bond acceptors (Lipinski definition) is 2. The minimum atomic E-state index is 0.0271. The van der Waals surface area contributed by atoms with Crippen molar-refractivity contribution < 1.29 is 4.79 Å². The molecule has 1 aromatic rings. The summed E-state index contributed by atoms with van der Waals surface area (Å²) in [5.74, 6) is 0.0271. The molecule has 14 heavy (non-hydrogen) atoms. The van der Waals surface area contributed by atoms with Crippen molar-refractivity contribution in [1.82, 2.24) is 10.6 Å². The molecule has 0 unspecified atom stereocenters. The maximum atomic E-state index is 11.7. The molecule has 1 fully saturated rings. The van der Waals surface area contributed by atoms with Gasteiger partial charge >= 0.3 is 0 Å².